The van der Waals surface area contributed by atoms with Gasteiger partial charge < -0.3 is 10.1 Å². The second-order valence-electron chi connectivity index (χ2n) is 3.44. The van der Waals surface area contributed by atoms with E-state index in [-0.39, 0.29) is 5.91 Å². The number of amides is 1. The Kier molecular flexibility index (Phi) is 5.90. The lowest BCUT2D eigenvalue weighted by atomic mass is 10.2. The predicted molar refractivity (Wildman–Crippen MR) is 64.9 cm³/mol. The first-order chi connectivity index (χ1) is 7.75. The van der Waals surface area contributed by atoms with Gasteiger partial charge in [-0.3, -0.25) is 4.79 Å². The first-order valence-corrected chi connectivity index (χ1v) is 5.65. The van der Waals surface area contributed by atoms with E-state index in [0.29, 0.717) is 17.1 Å². The van der Waals surface area contributed by atoms with Crippen molar-refractivity contribution in [3.05, 3.63) is 34.9 Å². The molecule has 0 fully saturated rings. The minimum absolute atomic E-state index is 0.122. The molecule has 0 radical (unpaired) electrons. The fourth-order valence-electron chi connectivity index (χ4n) is 1.31. The summed E-state index contributed by atoms with van der Waals surface area (Å²) in [6.45, 7) is 1.37. The van der Waals surface area contributed by atoms with Crippen LogP contribution in [0.1, 0.15) is 23.2 Å². The number of methoxy groups -OCH3 is 1. The fraction of sp³-hybridized carbons (Fsp3) is 0.417. The van der Waals surface area contributed by atoms with Gasteiger partial charge in [-0.2, -0.15) is 0 Å². The molecule has 1 aromatic carbocycles. The summed E-state index contributed by atoms with van der Waals surface area (Å²) in [6.07, 6.45) is 1.85. The van der Waals surface area contributed by atoms with Gasteiger partial charge in [-0.1, -0.05) is 23.7 Å². The summed E-state index contributed by atoms with van der Waals surface area (Å²) in [5, 5.41) is 3.30. The van der Waals surface area contributed by atoms with Crippen LogP contribution in [0.2, 0.25) is 5.02 Å². The molecule has 0 heterocycles. The lowest BCUT2D eigenvalue weighted by molar-refractivity contribution is 0.0951. The molecule has 1 amide bonds. The summed E-state index contributed by atoms with van der Waals surface area (Å²) >= 11 is 5.90. The number of rotatable bonds is 6. The monoisotopic (exact) mass is 241 g/mol. The number of ether oxygens (including phenoxy) is 1. The van der Waals surface area contributed by atoms with Crippen LogP contribution in [0.3, 0.4) is 0 Å². The third kappa shape index (κ3) is 4.21. The fourth-order valence-corrected chi connectivity index (χ4v) is 1.54. The third-order valence-corrected chi connectivity index (χ3v) is 2.51. The summed E-state index contributed by atoms with van der Waals surface area (Å²) < 4.78 is 4.92. The van der Waals surface area contributed by atoms with E-state index in [1.54, 1.807) is 31.4 Å². The van der Waals surface area contributed by atoms with E-state index in [0.717, 1.165) is 19.4 Å². The van der Waals surface area contributed by atoms with Gasteiger partial charge in [-0.05, 0) is 25.0 Å². The van der Waals surface area contributed by atoms with Gasteiger partial charge in [0.15, 0.2) is 0 Å². The van der Waals surface area contributed by atoms with Crippen molar-refractivity contribution in [3.8, 4) is 0 Å². The summed E-state index contributed by atoms with van der Waals surface area (Å²) in [6, 6.07) is 7.03. The van der Waals surface area contributed by atoms with E-state index in [2.05, 4.69) is 5.32 Å². The van der Waals surface area contributed by atoms with Crippen LogP contribution in [-0.2, 0) is 4.74 Å². The zero-order valence-corrected chi connectivity index (χ0v) is 10.1. The Morgan fingerprint density at radius 3 is 2.81 bits per heavy atom. The Morgan fingerprint density at radius 1 is 1.38 bits per heavy atom. The average Bonchev–Trinajstić information content (AvgIpc) is 2.29. The second kappa shape index (κ2) is 7.25. The standard InChI is InChI=1S/C12H16ClNO2/c1-16-9-5-4-8-14-12(15)10-6-2-3-7-11(10)13/h2-3,6-7H,4-5,8-9H2,1H3,(H,14,15). The highest BCUT2D eigenvalue weighted by molar-refractivity contribution is 6.33. The number of carbonyl (C=O) groups excluding carboxylic acids is 1. The van der Waals surface area contributed by atoms with Gasteiger partial charge in [0.25, 0.3) is 5.91 Å². The number of halogens is 1. The van der Waals surface area contributed by atoms with Crippen LogP contribution in [0, 0.1) is 0 Å². The number of hydrogen-bond donors (Lipinski definition) is 1. The maximum Gasteiger partial charge on any atom is 0.252 e. The highest BCUT2D eigenvalue weighted by atomic mass is 35.5. The zero-order valence-electron chi connectivity index (χ0n) is 9.33. The van der Waals surface area contributed by atoms with Gasteiger partial charge in [-0.15, -0.1) is 0 Å². The Bertz CT molecular complexity index is 342. The lowest BCUT2D eigenvalue weighted by Crippen LogP contribution is -2.24. The molecular formula is C12H16ClNO2. The van der Waals surface area contributed by atoms with Gasteiger partial charge in [0.1, 0.15) is 0 Å². The van der Waals surface area contributed by atoms with Crippen molar-refractivity contribution >= 4 is 17.5 Å². The molecule has 0 atom stereocenters. The van der Waals surface area contributed by atoms with E-state index in [9.17, 15) is 4.79 Å². The Morgan fingerprint density at radius 2 is 2.12 bits per heavy atom. The molecule has 88 valence electrons. The number of benzene rings is 1. The quantitative estimate of drug-likeness (QED) is 0.778. The molecule has 1 aromatic rings. The zero-order chi connectivity index (χ0) is 11.8. The topological polar surface area (TPSA) is 38.3 Å². The molecule has 0 saturated carbocycles. The van der Waals surface area contributed by atoms with Gasteiger partial charge in [0.05, 0.1) is 10.6 Å². The van der Waals surface area contributed by atoms with Crippen molar-refractivity contribution in [3.63, 3.8) is 0 Å². The van der Waals surface area contributed by atoms with E-state index in [4.69, 9.17) is 16.3 Å². The largest absolute Gasteiger partial charge is 0.385 e. The molecule has 0 aromatic heterocycles. The lowest BCUT2D eigenvalue weighted by Gasteiger charge is -2.06. The van der Waals surface area contributed by atoms with Gasteiger partial charge in [0, 0.05) is 20.3 Å². The van der Waals surface area contributed by atoms with Crippen LogP contribution in [0.4, 0.5) is 0 Å². The Hall–Kier alpha value is -1.06. The first kappa shape index (κ1) is 13.0. The predicted octanol–water partition coefficient (Wildman–Crippen LogP) is 2.50. The van der Waals surface area contributed by atoms with Gasteiger partial charge in [-0.25, -0.2) is 0 Å². The molecule has 16 heavy (non-hydrogen) atoms. The molecule has 0 bridgehead atoms. The summed E-state index contributed by atoms with van der Waals surface area (Å²) in [7, 11) is 1.67. The number of hydrogen-bond acceptors (Lipinski definition) is 2. The van der Waals surface area contributed by atoms with Crippen molar-refractivity contribution < 1.29 is 9.53 Å². The Labute approximate surface area is 101 Å². The van der Waals surface area contributed by atoms with E-state index < -0.39 is 0 Å². The summed E-state index contributed by atoms with van der Waals surface area (Å²) in [5.74, 6) is -0.122. The Balaban J connectivity index is 2.33. The molecule has 0 aliphatic carbocycles. The van der Waals surface area contributed by atoms with E-state index in [1.165, 1.54) is 0 Å². The number of unbranched alkanes of at least 4 members (excludes halogenated alkanes) is 1. The van der Waals surface area contributed by atoms with E-state index >= 15 is 0 Å². The molecule has 3 nitrogen and oxygen atoms in total. The normalized spacial score (nSPS) is 10.1. The molecule has 0 aliphatic heterocycles. The van der Waals surface area contributed by atoms with Crippen molar-refractivity contribution in [1.29, 1.82) is 0 Å². The van der Waals surface area contributed by atoms with Crippen molar-refractivity contribution in [2.45, 2.75) is 12.8 Å². The molecule has 4 heteroatoms. The first-order valence-electron chi connectivity index (χ1n) is 5.27. The van der Waals surface area contributed by atoms with Crippen LogP contribution in [0.25, 0.3) is 0 Å². The number of carbonyl (C=O) groups is 1. The summed E-state index contributed by atoms with van der Waals surface area (Å²) in [5.41, 5.74) is 0.524. The van der Waals surface area contributed by atoms with Gasteiger partial charge in [0.2, 0.25) is 0 Å². The van der Waals surface area contributed by atoms with Crippen LogP contribution in [-0.4, -0.2) is 26.2 Å². The minimum Gasteiger partial charge on any atom is -0.385 e. The van der Waals surface area contributed by atoms with Crippen LogP contribution in [0.5, 0.6) is 0 Å². The second-order valence-corrected chi connectivity index (χ2v) is 3.84. The third-order valence-electron chi connectivity index (χ3n) is 2.18. The maximum absolute atomic E-state index is 11.7. The molecule has 1 rings (SSSR count). The number of nitrogens with one attached hydrogen (secondary N) is 1. The van der Waals surface area contributed by atoms with Crippen LogP contribution in [0.15, 0.2) is 24.3 Å². The molecule has 0 saturated heterocycles. The molecular weight excluding hydrogens is 226 g/mol. The van der Waals surface area contributed by atoms with Crippen LogP contribution >= 0.6 is 11.6 Å². The molecule has 1 N–H and O–H groups in total. The van der Waals surface area contributed by atoms with Crippen molar-refractivity contribution in [2.75, 3.05) is 20.3 Å². The van der Waals surface area contributed by atoms with Crippen LogP contribution < -0.4 is 5.32 Å². The van der Waals surface area contributed by atoms with Gasteiger partial charge >= 0.3 is 0 Å². The highest BCUT2D eigenvalue weighted by Crippen LogP contribution is 2.14. The smallest absolute Gasteiger partial charge is 0.252 e. The highest BCUT2D eigenvalue weighted by Gasteiger charge is 2.07. The molecule has 0 aliphatic rings. The molecule has 0 unspecified atom stereocenters. The summed E-state index contributed by atoms with van der Waals surface area (Å²) in [4.78, 5) is 11.7. The van der Waals surface area contributed by atoms with Crippen molar-refractivity contribution in [1.82, 2.24) is 5.32 Å². The van der Waals surface area contributed by atoms with Crippen molar-refractivity contribution in [2.24, 2.45) is 0 Å². The molecule has 0 spiro atoms. The maximum atomic E-state index is 11.7. The van der Waals surface area contributed by atoms with E-state index in [1.807, 2.05) is 0 Å². The SMILES string of the molecule is COCCCCNC(=O)c1ccccc1Cl. The average molecular weight is 242 g/mol. The minimum atomic E-state index is -0.122.